The lowest BCUT2D eigenvalue weighted by Crippen LogP contribution is -2.14. The van der Waals surface area contributed by atoms with Crippen molar-refractivity contribution in [2.24, 2.45) is 0 Å². The minimum Gasteiger partial charge on any atom is -0.0648 e. The summed E-state index contributed by atoms with van der Waals surface area (Å²) in [4.78, 5) is 0. The third-order valence-corrected chi connectivity index (χ3v) is 5.05. The van der Waals surface area contributed by atoms with Gasteiger partial charge >= 0.3 is 0 Å². The van der Waals surface area contributed by atoms with E-state index in [9.17, 15) is 0 Å². The SMILES string of the molecule is CCC(C)c1[c]ccc(C2CCC2)c1Cc1ccccc1. The highest BCUT2D eigenvalue weighted by Crippen LogP contribution is 2.40. The number of benzene rings is 2. The summed E-state index contributed by atoms with van der Waals surface area (Å²) in [5, 5.41) is 0. The van der Waals surface area contributed by atoms with Gasteiger partial charge in [0.1, 0.15) is 0 Å². The lowest BCUT2D eigenvalue weighted by molar-refractivity contribution is 0.417. The summed E-state index contributed by atoms with van der Waals surface area (Å²) in [6.45, 7) is 4.62. The monoisotopic (exact) mass is 277 g/mol. The Labute approximate surface area is 129 Å². The maximum atomic E-state index is 3.55. The largest absolute Gasteiger partial charge is 0.0648 e. The molecule has 0 N–H and O–H groups in total. The van der Waals surface area contributed by atoms with E-state index in [1.54, 1.807) is 11.1 Å². The van der Waals surface area contributed by atoms with Gasteiger partial charge in [0.25, 0.3) is 0 Å². The summed E-state index contributed by atoms with van der Waals surface area (Å²) in [6.07, 6.45) is 6.38. The van der Waals surface area contributed by atoms with Gasteiger partial charge in [-0.15, -0.1) is 0 Å². The van der Waals surface area contributed by atoms with E-state index in [1.165, 1.54) is 36.8 Å². The van der Waals surface area contributed by atoms with Crippen LogP contribution in [0, 0.1) is 6.07 Å². The summed E-state index contributed by atoms with van der Waals surface area (Å²) in [5.74, 6) is 1.39. The standard InChI is InChI=1S/C21H25/c1-3-16(2)19-13-8-14-20(18-11-7-12-18)21(19)15-17-9-5-4-6-10-17/h4-6,8-10,14,16,18H,3,7,11-12,15H2,1-2H3. The van der Waals surface area contributed by atoms with Gasteiger partial charge in [0, 0.05) is 0 Å². The predicted molar refractivity (Wildman–Crippen MR) is 89.8 cm³/mol. The number of rotatable bonds is 5. The summed E-state index contributed by atoms with van der Waals surface area (Å²) >= 11 is 0. The highest BCUT2D eigenvalue weighted by atomic mass is 14.3. The van der Waals surface area contributed by atoms with E-state index in [-0.39, 0.29) is 0 Å². The number of hydrogen-bond donors (Lipinski definition) is 0. The van der Waals surface area contributed by atoms with Crippen LogP contribution in [0.25, 0.3) is 0 Å². The molecule has 0 aliphatic heterocycles. The highest BCUT2D eigenvalue weighted by molar-refractivity contribution is 5.42. The molecule has 0 heterocycles. The molecule has 3 rings (SSSR count). The van der Waals surface area contributed by atoms with Gasteiger partial charge in [0.2, 0.25) is 0 Å². The fourth-order valence-electron chi connectivity index (χ4n) is 3.31. The van der Waals surface area contributed by atoms with Crippen molar-refractivity contribution in [2.75, 3.05) is 0 Å². The van der Waals surface area contributed by atoms with Crippen molar-refractivity contribution in [2.45, 2.75) is 57.8 Å². The van der Waals surface area contributed by atoms with Crippen molar-refractivity contribution in [3.05, 3.63) is 70.8 Å². The van der Waals surface area contributed by atoms with Crippen LogP contribution in [0.2, 0.25) is 0 Å². The van der Waals surface area contributed by atoms with Gasteiger partial charge in [0.15, 0.2) is 0 Å². The molecule has 0 heteroatoms. The van der Waals surface area contributed by atoms with Crippen LogP contribution >= 0.6 is 0 Å². The molecule has 0 nitrogen and oxygen atoms in total. The van der Waals surface area contributed by atoms with Crippen LogP contribution < -0.4 is 0 Å². The molecule has 1 aliphatic rings. The van der Waals surface area contributed by atoms with Gasteiger partial charge in [-0.2, -0.15) is 0 Å². The smallest absolute Gasteiger partial charge is 0.00199 e. The van der Waals surface area contributed by atoms with Crippen molar-refractivity contribution in [1.82, 2.24) is 0 Å². The fourth-order valence-corrected chi connectivity index (χ4v) is 3.31. The Kier molecular flexibility index (Phi) is 4.43. The van der Waals surface area contributed by atoms with Crippen molar-refractivity contribution in [3.8, 4) is 0 Å². The summed E-state index contributed by atoms with van der Waals surface area (Å²) in [6, 6.07) is 18.9. The molecule has 1 aliphatic carbocycles. The van der Waals surface area contributed by atoms with Gasteiger partial charge < -0.3 is 0 Å². The lowest BCUT2D eigenvalue weighted by atomic mass is 9.75. The van der Waals surface area contributed by atoms with Crippen molar-refractivity contribution in [1.29, 1.82) is 0 Å². The zero-order valence-electron chi connectivity index (χ0n) is 13.2. The van der Waals surface area contributed by atoms with E-state index in [1.807, 2.05) is 0 Å². The first kappa shape index (κ1) is 14.4. The van der Waals surface area contributed by atoms with E-state index in [0.717, 1.165) is 12.3 Å². The Morgan fingerprint density at radius 3 is 2.52 bits per heavy atom. The minimum atomic E-state index is 0.601. The molecular formula is C21H25. The Balaban J connectivity index is 2.00. The van der Waals surface area contributed by atoms with Gasteiger partial charge in [-0.05, 0) is 65.8 Å². The molecule has 2 aromatic rings. The maximum absolute atomic E-state index is 3.55. The molecule has 1 unspecified atom stereocenters. The quantitative estimate of drug-likeness (QED) is 0.642. The molecule has 0 spiro atoms. The van der Waals surface area contributed by atoms with Gasteiger partial charge in [0.05, 0.1) is 0 Å². The molecule has 109 valence electrons. The Bertz CT molecular complexity index is 555. The molecule has 1 saturated carbocycles. The average Bonchev–Trinajstić information content (AvgIpc) is 2.47. The topological polar surface area (TPSA) is 0 Å². The van der Waals surface area contributed by atoms with Crippen LogP contribution in [0.5, 0.6) is 0 Å². The first-order chi connectivity index (χ1) is 10.3. The van der Waals surface area contributed by atoms with E-state index >= 15 is 0 Å². The molecule has 1 atom stereocenters. The summed E-state index contributed by atoms with van der Waals surface area (Å²) in [5.41, 5.74) is 6.02. The van der Waals surface area contributed by atoms with Crippen LogP contribution in [-0.2, 0) is 6.42 Å². The molecule has 0 amide bonds. The van der Waals surface area contributed by atoms with Crippen LogP contribution in [0.15, 0.2) is 42.5 Å². The average molecular weight is 277 g/mol. The Morgan fingerprint density at radius 1 is 1.14 bits per heavy atom. The maximum Gasteiger partial charge on any atom is -0.00199 e. The van der Waals surface area contributed by atoms with Crippen molar-refractivity contribution < 1.29 is 0 Å². The molecule has 0 aromatic heterocycles. The summed E-state index contributed by atoms with van der Waals surface area (Å²) < 4.78 is 0. The normalized spacial score (nSPS) is 16.5. The third-order valence-electron chi connectivity index (χ3n) is 5.05. The molecule has 0 saturated heterocycles. The zero-order valence-corrected chi connectivity index (χ0v) is 13.2. The van der Waals surface area contributed by atoms with Gasteiger partial charge in [-0.25, -0.2) is 0 Å². The van der Waals surface area contributed by atoms with Crippen LogP contribution in [0.3, 0.4) is 0 Å². The zero-order chi connectivity index (χ0) is 14.7. The minimum absolute atomic E-state index is 0.601. The Hall–Kier alpha value is -1.56. The van der Waals surface area contributed by atoms with Crippen LogP contribution in [-0.4, -0.2) is 0 Å². The molecule has 0 bridgehead atoms. The number of hydrogen-bond acceptors (Lipinski definition) is 0. The first-order valence-corrected chi connectivity index (χ1v) is 8.37. The second-order valence-corrected chi connectivity index (χ2v) is 6.42. The van der Waals surface area contributed by atoms with Crippen molar-refractivity contribution >= 4 is 0 Å². The Morgan fingerprint density at radius 2 is 1.90 bits per heavy atom. The molecule has 1 fully saturated rings. The van der Waals surface area contributed by atoms with E-state index < -0.39 is 0 Å². The molecule has 1 radical (unpaired) electrons. The lowest BCUT2D eigenvalue weighted by Gasteiger charge is -2.30. The van der Waals surface area contributed by atoms with Crippen LogP contribution in [0.1, 0.15) is 73.6 Å². The molecular weight excluding hydrogens is 252 g/mol. The molecule has 2 aromatic carbocycles. The second-order valence-electron chi connectivity index (χ2n) is 6.42. The van der Waals surface area contributed by atoms with E-state index in [0.29, 0.717) is 5.92 Å². The third kappa shape index (κ3) is 3.05. The fraction of sp³-hybridized carbons (Fsp3) is 0.429. The first-order valence-electron chi connectivity index (χ1n) is 8.37. The van der Waals surface area contributed by atoms with Crippen LogP contribution in [0.4, 0.5) is 0 Å². The van der Waals surface area contributed by atoms with Crippen molar-refractivity contribution in [3.63, 3.8) is 0 Å². The van der Waals surface area contributed by atoms with Gasteiger partial charge in [-0.3, -0.25) is 0 Å². The predicted octanol–water partition coefficient (Wildman–Crippen LogP) is 5.86. The van der Waals surface area contributed by atoms with E-state index in [4.69, 9.17) is 0 Å². The van der Waals surface area contributed by atoms with E-state index in [2.05, 4.69) is 62.4 Å². The second kappa shape index (κ2) is 6.47. The van der Waals surface area contributed by atoms with Gasteiger partial charge in [-0.1, -0.05) is 62.7 Å². The highest BCUT2D eigenvalue weighted by Gasteiger charge is 2.24. The molecule has 21 heavy (non-hydrogen) atoms. The summed E-state index contributed by atoms with van der Waals surface area (Å²) in [7, 11) is 0.